The zero-order valence-corrected chi connectivity index (χ0v) is 24.9. The highest BCUT2D eigenvalue weighted by Gasteiger charge is 2.56. The number of aromatic nitrogens is 1. The van der Waals surface area contributed by atoms with E-state index in [1.165, 1.54) is 28.4 Å². The van der Waals surface area contributed by atoms with Gasteiger partial charge < -0.3 is 23.7 Å². The van der Waals surface area contributed by atoms with Gasteiger partial charge in [-0.15, -0.1) is 0 Å². The molecule has 0 bridgehead atoms. The minimum absolute atomic E-state index is 0.0745. The van der Waals surface area contributed by atoms with E-state index in [0.717, 1.165) is 40.0 Å². The fourth-order valence-electron chi connectivity index (χ4n) is 4.82. The van der Waals surface area contributed by atoms with E-state index in [2.05, 4.69) is 4.98 Å². The molecule has 0 unspecified atom stereocenters. The number of benzene rings is 2. The molecule has 0 aliphatic carbocycles. The van der Waals surface area contributed by atoms with Crippen molar-refractivity contribution in [3.8, 4) is 0 Å². The second kappa shape index (κ2) is 13.6. The molecule has 4 rings (SSSR count). The van der Waals surface area contributed by atoms with Crippen molar-refractivity contribution in [2.24, 2.45) is 0 Å². The Balaban J connectivity index is 1.96. The standard InChI is InChI=1S/C29H27ClF3N3O9/c1-14(37)42-23-24(43-15(2)38)26(28(40)41-4)45-27(25(23)44-16(3)39)36(19-11-9-18(10-12-19)35-29(31,32)33)21-13-8-17-6-5-7-20(30)22(17)34-21/h5-13,23-27,35H,1-4H3/t23-,24-,25+,26-,27+/m0/s1. The van der Waals surface area contributed by atoms with E-state index >= 15 is 0 Å². The van der Waals surface area contributed by atoms with E-state index in [1.807, 2.05) is 0 Å². The Morgan fingerprint density at radius 1 is 0.867 bits per heavy atom. The van der Waals surface area contributed by atoms with Gasteiger partial charge in [0.15, 0.2) is 30.6 Å². The number of methoxy groups -OCH3 is 1. The lowest BCUT2D eigenvalue weighted by Gasteiger charge is -2.47. The highest BCUT2D eigenvalue weighted by Crippen LogP contribution is 2.38. The first-order valence-corrected chi connectivity index (χ1v) is 13.6. The first-order valence-electron chi connectivity index (χ1n) is 13.2. The summed E-state index contributed by atoms with van der Waals surface area (Å²) in [6, 6.07) is 13.0. The topological polar surface area (TPSA) is 143 Å². The summed E-state index contributed by atoms with van der Waals surface area (Å²) in [6.45, 7) is 3.15. The summed E-state index contributed by atoms with van der Waals surface area (Å²) in [6.07, 6.45) is -12.9. The molecular formula is C29H27ClF3N3O9. The number of nitrogens with zero attached hydrogens (tertiary/aromatic N) is 2. The molecule has 0 spiro atoms. The number of anilines is 3. The van der Waals surface area contributed by atoms with Gasteiger partial charge in [0.05, 0.1) is 17.6 Å². The molecule has 240 valence electrons. The zero-order chi connectivity index (χ0) is 33.1. The SMILES string of the molecule is COC(=O)[C@H]1O[C@@H](N(c2ccc(NC(F)(F)F)cc2)c2ccc3cccc(Cl)c3n2)[C@H](OC(C)=O)[C@@H](OC(C)=O)[C@@H]1OC(C)=O. The van der Waals surface area contributed by atoms with Gasteiger partial charge in [-0.25, -0.2) is 9.78 Å². The first-order chi connectivity index (χ1) is 21.2. The average molecular weight is 654 g/mol. The smallest absolute Gasteiger partial charge is 0.467 e. The molecule has 0 saturated carbocycles. The quantitative estimate of drug-likeness (QED) is 0.205. The summed E-state index contributed by atoms with van der Waals surface area (Å²) < 4.78 is 66.4. The molecule has 16 heteroatoms. The summed E-state index contributed by atoms with van der Waals surface area (Å²) in [5.74, 6) is -3.61. The number of hydrogen-bond donors (Lipinski definition) is 1. The van der Waals surface area contributed by atoms with E-state index in [4.69, 9.17) is 35.3 Å². The fourth-order valence-corrected chi connectivity index (χ4v) is 5.04. The summed E-state index contributed by atoms with van der Waals surface area (Å²) in [5.41, 5.74) is 0.164. The molecule has 2 heterocycles. The van der Waals surface area contributed by atoms with Gasteiger partial charge in [0.2, 0.25) is 0 Å². The van der Waals surface area contributed by atoms with Gasteiger partial charge in [-0.1, -0.05) is 23.7 Å². The fraction of sp³-hybridized carbons (Fsp3) is 0.345. The summed E-state index contributed by atoms with van der Waals surface area (Å²) in [5, 5.41) is 2.30. The van der Waals surface area contributed by atoms with Crippen LogP contribution in [0, 0.1) is 0 Å². The summed E-state index contributed by atoms with van der Waals surface area (Å²) in [4.78, 5) is 55.7. The van der Waals surface area contributed by atoms with Crippen molar-refractivity contribution in [1.29, 1.82) is 0 Å². The van der Waals surface area contributed by atoms with Gasteiger partial charge in [-0.3, -0.25) is 24.6 Å². The Kier molecular flexibility index (Phi) is 10.0. The molecule has 1 fully saturated rings. The molecule has 45 heavy (non-hydrogen) atoms. The lowest BCUT2D eigenvalue weighted by Crippen LogP contribution is -2.66. The second-order valence-corrected chi connectivity index (χ2v) is 10.1. The average Bonchev–Trinajstić information content (AvgIpc) is 2.95. The Bertz CT molecular complexity index is 1590. The van der Waals surface area contributed by atoms with Crippen LogP contribution >= 0.6 is 11.6 Å². The molecule has 1 N–H and O–H groups in total. The van der Waals surface area contributed by atoms with Crippen molar-refractivity contribution in [3.63, 3.8) is 0 Å². The van der Waals surface area contributed by atoms with E-state index < -0.39 is 60.8 Å². The highest BCUT2D eigenvalue weighted by atomic mass is 35.5. The summed E-state index contributed by atoms with van der Waals surface area (Å²) >= 11 is 6.41. The maximum Gasteiger partial charge on any atom is 0.482 e. The van der Waals surface area contributed by atoms with Gasteiger partial charge in [-0.05, 0) is 42.5 Å². The molecule has 5 atom stereocenters. The van der Waals surface area contributed by atoms with Crippen molar-refractivity contribution in [3.05, 3.63) is 59.6 Å². The Morgan fingerprint density at radius 2 is 1.47 bits per heavy atom. The van der Waals surface area contributed by atoms with Crippen LogP contribution in [0.3, 0.4) is 0 Å². The van der Waals surface area contributed by atoms with Crippen LogP contribution in [0.1, 0.15) is 20.8 Å². The van der Waals surface area contributed by atoms with Crippen molar-refractivity contribution in [2.75, 3.05) is 17.3 Å². The van der Waals surface area contributed by atoms with Crippen LogP contribution < -0.4 is 10.2 Å². The third-order valence-electron chi connectivity index (χ3n) is 6.44. The number of ether oxygens (including phenoxy) is 5. The molecule has 3 aromatic rings. The van der Waals surface area contributed by atoms with Crippen molar-refractivity contribution >= 4 is 63.6 Å². The van der Waals surface area contributed by atoms with Gasteiger partial charge >= 0.3 is 30.2 Å². The predicted molar refractivity (Wildman–Crippen MR) is 152 cm³/mol. The van der Waals surface area contributed by atoms with Crippen LogP contribution in [0.4, 0.5) is 30.4 Å². The second-order valence-electron chi connectivity index (χ2n) is 9.71. The van der Waals surface area contributed by atoms with Gasteiger partial charge in [0.25, 0.3) is 0 Å². The number of rotatable bonds is 8. The number of carbonyl (C=O) groups is 4. The molecule has 0 amide bonds. The molecule has 1 aliphatic heterocycles. The zero-order valence-electron chi connectivity index (χ0n) is 24.2. The molecular weight excluding hydrogens is 627 g/mol. The number of hydrogen-bond acceptors (Lipinski definition) is 12. The Hall–Kier alpha value is -4.63. The third-order valence-corrected chi connectivity index (χ3v) is 6.75. The van der Waals surface area contributed by atoms with Crippen LogP contribution in [0.5, 0.6) is 0 Å². The van der Waals surface area contributed by atoms with E-state index in [0.29, 0.717) is 10.9 Å². The minimum atomic E-state index is -4.72. The maximum atomic E-state index is 13.0. The molecule has 1 aromatic heterocycles. The number of pyridine rings is 1. The first kappa shape index (κ1) is 33.3. The number of nitrogens with one attached hydrogen (secondary N) is 1. The number of fused-ring (bicyclic) bond motifs is 1. The third kappa shape index (κ3) is 7.91. The predicted octanol–water partition coefficient (Wildman–Crippen LogP) is 4.65. The monoisotopic (exact) mass is 653 g/mol. The molecule has 0 radical (unpaired) electrons. The Morgan fingerprint density at radius 3 is 2.04 bits per heavy atom. The van der Waals surface area contributed by atoms with Crippen molar-refractivity contribution in [1.82, 2.24) is 4.98 Å². The van der Waals surface area contributed by atoms with Crippen LogP contribution in [0.15, 0.2) is 54.6 Å². The van der Waals surface area contributed by atoms with E-state index in [1.54, 1.807) is 24.3 Å². The summed E-state index contributed by atoms with van der Waals surface area (Å²) in [7, 11) is 1.04. The number of alkyl halides is 3. The van der Waals surface area contributed by atoms with Gasteiger partial charge in [0.1, 0.15) is 5.82 Å². The lowest BCUT2D eigenvalue weighted by atomic mass is 9.95. The molecule has 1 saturated heterocycles. The number of carbonyl (C=O) groups excluding carboxylic acids is 4. The van der Waals surface area contributed by atoms with Gasteiger partial charge in [0, 0.05) is 37.5 Å². The molecule has 1 aliphatic rings. The van der Waals surface area contributed by atoms with Crippen LogP contribution in [0.25, 0.3) is 10.9 Å². The van der Waals surface area contributed by atoms with Crippen LogP contribution in [-0.4, -0.2) is 72.9 Å². The Labute approximate surface area is 259 Å². The van der Waals surface area contributed by atoms with Crippen molar-refractivity contribution < 1.29 is 56.0 Å². The van der Waals surface area contributed by atoms with Gasteiger partial charge in [-0.2, -0.15) is 13.2 Å². The van der Waals surface area contributed by atoms with Crippen molar-refractivity contribution in [2.45, 2.75) is 57.7 Å². The van der Waals surface area contributed by atoms with Crippen LogP contribution in [-0.2, 0) is 42.9 Å². The maximum absolute atomic E-state index is 13.0. The normalized spacial score (nSPS) is 21.4. The minimum Gasteiger partial charge on any atom is -0.467 e. The molecule has 12 nitrogen and oxygen atoms in total. The van der Waals surface area contributed by atoms with E-state index in [-0.39, 0.29) is 22.2 Å². The largest absolute Gasteiger partial charge is 0.482 e. The van der Waals surface area contributed by atoms with E-state index in [9.17, 15) is 32.3 Å². The molecule has 2 aromatic carbocycles. The highest BCUT2D eigenvalue weighted by molar-refractivity contribution is 6.35. The lowest BCUT2D eigenvalue weighted by molar-refractivity contribution is -0.247. The number of esters is 4. The number of halogens is 4. The number of para-hydroxylation sites is 1. The van der Waals surface area contributed by atoms with Crippen LogP contribution in [0.2, 0.25) is 5.02 Å².